The van der Waals surface area contributed by atoms with Gasteiger partial charge in [0, 0.05) is 25.9 Å². The van der Waals surface area contributed by atoms with Crippen LogP contribution in [0.4, 0.5) is 5.69 Å². The molecule has 0 radical (unpaired) electrons. The summed E-state index contributed by atoms with van der Waals surface area (Å²) in [7, 11) is 1.50. The minimum Gasteiger partial charge on any atom is -0.484 e. The Hall–Kier alpha value is -2.08. The molecule has 1 saturated heterocycles. The topological polar surface area (TPSA) is 67.9 Å². The van der Waals surface area contributed by atoms with E-state index in [1.807, 2.05) is 4.90 Å². The van der Waals surface area contributed by atoms with E-state index in [-0.39, 0.29) is 18.4 Å². The molecule has 6 nitrogen and oxygen atoms in total. The number of carbonyl (C=O) groups excluding carboxylic acids is 2. The molecule has 1 heterocycles. The van der Waals surface area contributed by atoms with Crippen LogP contribution in [-0.2, 0) is 14.3 Å². The zero-order chi connectivity index (χ0) is 17.6. The molecule has 2 rings (SSSR count). The van der Waals surface area contributed by atoms with Crippen LogP contribution in [0, 0.1) is 0 Å². The van der Waals surface area contributed by atoms with Crippen LogP contribution in [0.15, 0.2) is 24.3 Å². The number of piperidine rings is 1. The Bertz CT molecular complexity index is 563. The van der Waals surface area contributed by atoms with E-state index < -0.39 is 5.60 Å². The van der Waals surface area contributed by atoms with E-state index in [2.05, 4.69) is 5.32 Å². The van der Waals surface area contributed by atoms with Crippen molar-refractivity contribution in [1.82, 2.24) is 4.90 Å². The highest BCUT2D eigenvalue weighted by Crippen LogP contribution is 2.18. The van der Waals surface area contributed by atoms with Crippen LogP contribution >= 0.6 is 0 Å². The zero-order valence-electron chi connectivity index (χ0n) is 14.6. The molecule has 1 fully saturated rings. The second-order valence-electron chi connectivity index (χ2n) is 6.42. The summed E-state index contributed by atoms with van der Waals surface area (Å²) in [4.78, 5) is 25.9. The normalized spacial score (nSPS) is 15.0. The number of likely N-dealkylation sites (tertiary alicyclic amines) is 1. The van der Waals surface area contributed by atoms with Crippen molar-refractivity contribution in [1.29, 1.82) is 0 Å². The molecule has 24 heavy (non-hydrogen) atoms. The summed E-state index contributed by atoms with van der Waals surface area (Å²) < 4.78 is 10.7. The van der Waals surface area contributed by atoms with Gasteiger partial charge in [-0.3, -0.25) is 9.59 Å². The molecule has 0 aromatic heterocycles. The predicted molar refractivity (Wildman–Crippen MR) is 92.1 cm³/mol. The van der Waals surface area contributed by atoms with Crippen molar-refractivity contribution in [2.45, 2.75) is 38.7 Å². The molecule has 1 aliphatic heterocycles. The standard InChI is InChI=1S/C18H26N2O4/c1-18(2,23-3)17(22)19-14-7-9-15(10-8-14)24-13-16(21)20-11-5-4-6-12-20/h7-10H,4-6,11-13H2,1-3H3,(H,19,22). The van der Waals surface area contributed by atoms with Crippen molar-refractivity contribution in [2.75, 3.05) is 32.1 Å². The van der Waals surface area contributed by atoms with E-state index in [1.54, 1.807) is 38.1 Å². The van der Waals surface area contributed by atoms with E-state index in [0.717, 1.165) is 25.9 Å². The quantitative estimate of drug-likeness (QED) is 0.868. The van der Waals surface area contributed by atoms with Gasteiger partial charge in [-0.25, -0.2) is 0 Å². The van der Waals surface area contributed by atoms with Crippen molar-refractivity contribution < 1.29 is 19.1 Å². The first kappa shape index (κ1) is 18.3. The van der Waals surface area contributed by atoms with E-state index in [4.69, 9.17) is 9.47 Å². The third-order valence-corrected chi connectivity index (χ3v) is 4.24. The highest BCUT2D eigenvalue weighted by atomic mass is 16.5. The van der Waals surface area contributed by atoms with Gasteiger partial charge in [0.1, 0.15) is 11.4 Å². The summed E-state index contributed by atoms with van der Waals surface area (Å²) in [6, 6.07) is 6.95. The Kier molecular flexibility index (Phi) is 6.20. The molecule has 1 aliphatic rings. The molecule has 0 spiro atoms. The van der Waals surface area contributed by atoms with E-state index >= 15 is 0 Å². The number of hydrogen-bond donors (Lipinski definition) is 1. The van der Waals surface area contributed by atoms with Crippen LogP contribution in [0.25, 0.3) is 0 Å². The Morgan fingerprint density at radius 2 is 1.75 bits per heavy atom. The molecule has 0 unspecified atom stereocenters. The van der Waals surface area contributed by atoms with Gasteiger partial charge in [0.05, 0.1) is 0 Å². The number of amides is 2. The average Bonchev–Trinajstić information content (AvgIpc) is 2.61. The van der Waals surface area contributed by atoms with E-state index in [1.165, 1.54) is 13.5 Å². The third-order valence-electron chi connectivity index (χ3n) is 4.24. The van der Waals surface area contributed by atoms with Gasteiger partial charge in [0.2, 0.25) is 0 Å². The number of anilines is 1. The molecular formula is C18H26N2O4. The molecule has 0 aliphatic carbocycles. The van der Waals surface area contributed by atoms with Gasteiger partial charge in [-0.15, -0.1) is 0 Å². The smallest absolute Gasteiger partial charge is 0.260 e. The van der Waals surface area contributed by atoms with Crippen molar-refractivity contribution in [2.24, 2.45) is 0 Å². The molecular weight excluding hydrogens is 308 g/mol. The van der Waals surface area contributed by atoms with E-state index in [9.17, 15) is 9.59 Å². The zero-order valence-corrected chi connectivity index (χ0v) is 14.6. The molecule has 2 amide bonds. The first-order valence-corrected chi connectivity index (χ1v) is 8.29. The van der Waals surface area contributed by atoms with Crippen LogP contribution in [-0.4, -0.2) is 49.1 Å². The number of hydrogen-bond acceptors (Lipinski definition) is 4. The van der Waals surface area contributed by atoms with Gasteiger partial charge in [-0.1, -0.05) is 0 Å². The predicted octanol–water partition coefficient (Wildman–Crippen LogP) is 2.44. The summed E-state index contributed by atoms with van der Waals surface area (Å²) in [6.07, 6.45) is 3.33. The van der Waals surface area contributed by atoms with Crippen molar-refractivity contribution >= 4 is 17.5 Å². The number of rotatable bonds is 6. The SMILES string of the molecule is COC(C)(C)C(=O)Nc1ccc(OCC(=O)N2CCCCC2)cc1. The van der Waals surface area contributed by atoms with Crippen LogP contribution in [0.5, 0.6) is 5.75 Å². The van der Waals surface area contributed by atoms with Crippen LogP contribution < -0.4 is 10.1 Å². The van der Waals surface area contributed by atoms with Gasteiger partial charge in [-0.2, -0.15) is 0 Å². The Balaban J connectivity index is 1.83. The lowest BCUT2D eigenvalue weighted by molar-refractivity contribution is -0.134. The van der Waals surface area contributed by atoms with Crippen molar-refractivity contribution in [3.8, 4) is 5.75 Å². The minimum atomic E-state index is -0.893. The maximum absolute atomic E-state index is 12.1. The van der Waals surface area contributed by atoms with Crippen LogP contribution in [0.1, 0.15) is 33.1 Å². The van der Waals surface area contributed by atoms with Gasteiger partial charge in [-0.05, 0) is 57.4 Å². The number of ether oxygens (including phenoxy) is 2. The number of methoxy groups -OCH3 is 1. The lowest BCUT2D eigenvalue weighted by Crippen LogP contribution is -2.38. The van der Waals surface area contributed by atoms with Gasteiger partial charge in [0.15, 0.2) is 6.61 Å². The minimum absolute atomic E-state index is 0.0222. The molecule has 132 valence electrons. The number of nitrogens with zero attached hydrogens (tertiary/aromatic N) is 1. The summed E-state index contributed by atoms with van der Waals surface area (Å²) in [5.41, 5.74) is -0.240. The monoisotopic (exact) mass is 334 g/mol. The second-order valence-corrected chi connectivity index (χ2v) is 6.42. The number of nitrogens with one attached hydrogen (secondary N) is 1. The maximum Gasteiger partial charge on any atom is 0.260 e. The molecule has 1 aromatic rings. The van der Waals surface area contributed by atoms with Gasteiger partial charge < -0.3 is 19.7 Å². The van der Waals surface area contributed by atoms with Crippen molar-refractivity contribution in [3.05, 3.63) is 24.3 Å². The fourth-order valence-corrected chi connectivity index (χ4v) is 2.39. The Morgan fingerprint density at radius 3 is 2.33 bits per heavy atom. The van der Waals surface area contributed by atoms with Gasteiger partial charge >= 0.3 is 0 Å². The molecule has 1 N–H and O–H groups in total. The second kappa shape index (κ2) is 8.15. The summed E-state index contributed by atoms with van der Waals surface area (Å²) in [5.74, 6) is 0.400. The summed E-state index contributed by atoms with van der Waals surface area (Å²) in [5, 5.41) is 2.78. The molecule has 0 atom stereocenters. The maximum atomic E-state index is 12.1. The van der Waals surface area contributed by atoms with Crippen molar-refractivity contribution in [3.63, 3.8) is 0 Å². The molecule has 0 bridgehead atoms. The van der Waals surface area contributed by atoms with E-state index in [0.29, 0.717) is 11.4 Å². The van der Waals surface area contributed by atoms with Crippen LogP contribution in [0.2, 0.25) is 0 Å². The molecule has 6 heteroatoms. The average molecular weight is 334 g/mol. The Morgan fingerprint density at radius 1 is 1.12 bits per heavy atom. The summed E-state index contributed by atoms with van der Waals surface area (Å²) in [6.45, 7) is 5.09. The lowest BCUT2D eigenvalue weighted by Gasteiger charge is -2.26. The fourth-order valence-electron chi connectivity index (χ4n) is 2.39. The molecule has 0 saturated carbocycles. The third kappa shape index (κ3) is 4.96. The fraction of sp³-hybridized carbons (Fsp3) is 0.556. The Labute approximate surface area is 143 Å². The first-order chi connectivity index (χ1) is 11.4. The van der Waals surface area contributed by atoms with Gasteiger partial charge in [0.25, 0.3) is 11.8 Å². The summed E-state index contributed by atoms with van der Waals surface area (Å²) >= 11 is 0. The largest absolute Gasteiger partial charge is 0.484 e. The first-order valence-electron chi connectivity index (χ1n) is 8.29. The van der Waals surface area contributed by atoms with Crippen LogP contribution in [0.3, 0.4) is 0 Å². The number of carbonyl (C=O) groups is 2. The lowest BCUT2D eigenvalue weighted by atomic mass is 10.1. The highest BCUT2D eigenvalue weighted by Gasteiger charge is 2.26. The number of benzene rings is 1. The highest BCUT2D eigenvalue weighted by molar-refractivity contribution is 5.96. The molecule has 1 aromatic carbocycles.